The van der Waals surface area contributed by atoms with Crippen molar-refractivity contribution in [1.29, 1.82) is 0 Å². The van der Waals surface area contributed by atoms with Gasteiger partial charge in [0.2, 0.25) is 0 Å². The van der Waals surface area contributed by atoms with Crippen molar-refractivity contribution < 1.29 is 10.0 Å². The number of aryl methyl sites for hydroxylation is 1. The third-order valence-corrected chi connectivity index (χ3v) is 3.55. The first kappa shape index (κ1) is 15.0. The summed E-state index contributed by atoms with van der Waals surface area (Å²) < 4.78 is 0. The maximum atomic E-state index is 11.3. The summed E-state index contributed by atoms with van der Waals surface area (Å²) in [5.74, 6) is 0. The molecule has 0 unspecified atom stereocenters. The highest BCUT2D eigenvalue weighted by molar-refractivity contribution is 5.74. The van der Waals surface area contributed by atoms with Crippen LogP contribution in [0.15, 0.2) is 36.4 Å². The van der Waals surface area contributed by atoms with Gasteiger partial charge in [0, 0.05) is 17.9 Å². The molecule has 0 saturated heterocycles. The van der Waals surface area contributed by atoms with Crippen molar-refractivity contribution in [3.63, 3.8) is 0 Å². The molecular weight excluding hydrogens is 268 g/mol. The Morgan fingerprint density at radius 2 is 1.86 bits per heavy atom. The van der Waals surface area contributed by atoms with Crippen LogP contribution in [0.2, 0.25) is 0 Å². The lowest BCUT2D eigenvalue weighted by atomic mass is 10.1. The van der Waals surface area contributed by atoms with Gasteiger partial charge in [0.1, 0.15) is 5.69 Å². The average molecular weight is 286 g/mol. The molecule has 110 valence electrons. The van der Waals surface area contributed by atoms with Crippen molar-refractivity contribution in [2.45, 2.75) is 20.3 Å². The molecule has 5 heteroatoms. The molecule has 0 aliphatic carbocycles. The summed E-state index contributed by atoms with van der Waals surface area (Å²) in [6.07, 6.45) is 0.502. The van der Waals surface area contributed by atoms with Gasteiger partial charge < -0.3 is 10.4 Å². The smallest absolute Gasteiger partial charge is 0.295 e. The first-order chi connectivity index (χ1) is 10.0. The first-order valence-corrected chi connectivity index (χ1v) is 6.75. The van der Waals surface area contributed by atoms with Gasteiger partial charge in [-0.25, -0.2) is 0 Å². The molecule has 0 spiro atoms. The van der Waals surface area contributed by atoms with Crippen molar-refractivity contribution in [2.75, 3.05) is 11.9 Å². The number of anilines is 2. The molecular formula is C16H18N2O3. The highest BCUT2D eigenvalue weighted by Gasteiger charge is 2.19. The van der Waals surface area contributed by atoms with E-state index < -0.39 is 0 Å². The van der Waals surface area contributed by atoms with Crippen molar-refractivity contribution in [3.8, 4) is 0 Å². The Labute approximate surface area is 123 Å². The van der Waals surface area contributed by atoms with Gasteiger partial charge in [0.15, 0.2) is 0 Å². The monoisotopic (exact) mass is 286 g/mol. The van der Waals surface area contributed by atoms with Gasteiger partial charge in [-0.05, 0) is 43.5 Å². The topological polar surface area (TPSA) is 75.4 Å². The van der Waals surface area contributed by atoms with Crippen LogP contribution in [-0.2, 0) is 6.42 Å². The van der Waals surface area contributed by atoms with Crippen molar-refractivity contribution in [2.24, 2.45) is 0 Å². The minimum Gasteiger partial charge on any atom is -0.396 e. The maximum Gasteiger partial charge on any atom is 0.295 e. The van der Waals surface area contributed by atoms with E-state index in [1.54, 1.807) is 13.0 Å². The number of nitrogens with zero attached hydrogens (tertiary/aromatic N) is 1. The van der Waals surface area contributed by atoms with E-state index in [2.05, 4.69) is 5.32 Å². The number of rotatable bonds is 5. The van der Waals surface area contributed by atoms with Crippen molar-refractivity contribution in [1.82, 2.24) is 0 Å². The molecule has 0 fully saturated rings. The Morgan fingerprint density at radius 1 is 1.14 bits per heavy atom. The van der Waals surface area contributed by atoms with E-state index in [0.29, 0.717) is 17.7 Å². The van der Waals surface area contributed by atoms with E-state index >= 15 is 0 Å². The summed E-state index contributed by atoms with van der Waals surface area (Å²) in [6, 6.07) is 11.1. The van der Waals surface area contributed by atoms with Gasteiger partial charge in [-0.3, -0.25) is 10.1 Å². The number of nitro benzene ring substituents is 1. The van der Waals surface area contributed by atoms with Crippen LogP contribution in [0, 0.1) is 24.0 Å². The second-order valence-corrected chi connectivity index (χ2v) is 4.92. The van der Waals surface area contributed by atoms with E-state index in [-0.39, 0.29) is 17.2 Å². The molecule has 0 aromatic heterocycles. The van der Waals surface area contributed by atoms with Gasteiger partial charge in [-0.2, -0.15) is 0 Å². The van der Waals surface area contributed by atoms with Crippen LogP contribution in [0.1, 0.15) is 16.7 Å². The van der Waals surface area contributed by atoms with Crippen LogP contribution in [0.5, 0.6) is 0 Å². The quantitative estimate of drug-likeness (QED) is 0.651. The van der Waals surface area contributed by atoms with Gasteiger partial charge in [0.05, 0.1) is 4.92 Å². The zero-order chi connectivity index (χ0) is 15.4. The second kappa shape index (κ2) is 6.37. The number of nitrogens with one attached hydrogen (secondary N) is 1. The number of hydrogen-bond donors (Lipinski definition) is 2. The third kappa shape index (κ3) is 3.20. The summed E-state index contributed by atoms with van der Waals surface area (Å²) in [5.41, 5.74) is 3.80. The number of benzene rings is 2. The molecule has 0 saturated carbocycles. The summed E-state index contributed by atoms with van der Waals surface area (Å²) in [5, 5.41) is 23.5. The van der Waals surface area contributed by atoms with Crippen LogP contribution in [0.25, 0.3) is 0 Å². The SMILES string of the molecule is Cc1ccc(Nc2ccccc2CCO)c([N+](=O)[O-])c1C. The molecule has 0 aliphatic rings. The van der Waals surface area contributed by atoms with Gasteiger partial charge in [0.25, 0.3) is 5.69 Å². The first-order valence-electron chi connectivity index (χ1n) is 6.75. The zero-order valence-electron chi connectivity index (χ0n) is 12.1. The van der Waals surface area contributed by atoms with Gasteiger partial charge in [-0.1, -0.05) is 24.3 Å². The zero-order valence-corrected chi connectivity index (χ0v) is 12.1. The molecule has 21 heavy (non-hydrogen) atoms. The third-order valence-electron chi connectivity index (χ3n) is 3.55. The highest BCUT2D eigenvalue weighted by Crippen LogP contribution is 2.33. The van der Waals surface area contributed by atoms with Crippen LogP contribution in [0.4, 0.5) is 17.1 Å². The van der Waals surface area contributed by atoms with E-state index in [4.69, 9.17) is 5.11 Å². The lowest BCUT2D eigenvalue weighted by Gasteiger charge is -2.13. The number of aliphatic hydroxyl groups is 1. The van der Waals surface area contributed by atoms with E-state index in [9.17, 15) is 10.1 Å². The summed E-state index contributed by atoms with van der Waals surface area (Å²) in [6.45, 7) is 3.64. The fraction of sp³-hybridized carbons (Fsp3) is 0.250. The largest absolute Gasteiger partial charge is 0.396 e. The van der Waals surface area contributed by atoms with E-state index in [0.717, 1.165) is 16.8 Å². The molecule has 5 nitrogen and oxygen atoms in total. The lowest BCUT2D eigenvalue weighted by molar-refractivity contribution is -0.384. The summed E-state index contributed by atoms with van der Waals surface area (Å²) >= 11 is 0. The predicted octanol–water partition coefficient (Wildman–Crippen LogP) is 3.49. The number of para-hydroxylation sites is 1. The Morgan fingerprint density at radius 3 is 2.52 bits per heavy atom. The number of aliphatic hydroxyl groups excluding tert-OH is 1. The molecule has 2 aromatic rings. The van der Waals surface area contributed by atoms with E-state index in [1.807, 2.05) is 37.3 Å². The lowest BCUT2D eigenvalue weighted by Crippen LogP contribution is -2.03. The Hall–Kier alpha value is -2.40. The Kier molecular flexibility index (Phi) is 4.55. The average Bonchev–Trinajstić information content (AvgIpc) is 2.45. The molecule has 0 atom stereocenters. The van der Waals surface area contributed by atoms with Crippen molar-refractivity contribution in [3.05, 3.63) is 63.2 Å². The van der Waals surface area contributed by atoms with Crippen LogP contribution < -0.4 is 5.32 Å². The van der Waals surface area contributed by atoms with Crippen molar-refractivity contribution >= 4 is 17.1 Å². The molecule has 2 N–H and O–H groups in total. The molecule has 2 rings (SSSR count). The highest BCUT2D eigenvalue weighted by atomic mass is 16.6. The molecule has 0 heterocycles. The second-order valence-electron chi connectivity index (χ2n) is 4.92. The molecule has 0 radical (unpaired) electrons. The Bertz CT molecular complexity index is 669. The Balaban J connectivity index is 2.45. The van der Waals surface area contributed by atoms with E-state index in [1.165, 1.54) is 0 Å². The predicted molar refractivity (Wildman–Crippen MR) is 83.1 cm³/mol. The fourth-order valence-electron chi connectivity index (χ4n) is 2.26. The molecule has 0 aliphatic heterocycles. The number of nitro groups is 1. The molecule has 2 aromatic carbocycles. The molecule has 0 amide bonds. The van der Waals surface area contributed by atoms with Crippen LogP contribution in [0.3, 0.4) is 0 Å². The summed E-state index contributed by atoms with van der Waals surface area (Å²) in [7, 11) is 0. The van der Waals surface area contributed by atoms with Gasteiger partial charge >= 0.3 is 0 Å². The maximum absolute atomic E-state index is 11.3. The summed E-state index contributed by atoms with van der Waals surface area (Å²) in [4.78, 5) is 11.0. The standard InChI is InChI=1S/C16H18N2O3/c1-11-7-8-15(16(12(11)2)18(20)21)17-14-6-4-3-5-13(14)9-10-19/h3-8,17,19H,9-10H2,1-2H3. The number of hydrogen-bond acceptors (Lipinski definition) is 4. The van der Waals surface area contributed by atoms with Gasteiger partial charge in [-0.15, -0.1) is 0 Å². The minimum atomic E-state index is -0.362. The fourth-order valence-corrected chi connectivity index (χ4v) is 2.26. The van der Waals surface area contributed by atoms with Crippen LogP contribution >= 0.6 is 0 Å². The minimum absolute atomic E-state index is 0.0354. The normalized spacial score (nSPS) is 10.4. The van der Waals surface area contributed by atoms with Crippen LogP contribution in [-0.4, -0.2) is 16.6 Å². The molecule has 0 bridgehead atoms.